The van der Waals surface area contributed by atoms with Gasteiger partial charge in [-0.05, 0) is 43.6 Å². The first-order valence-corrected chi connectivity index (χ1v) is 9.40. The summed E-state index contributed by atoms with van der Waals surface area (Å²) in [5, 5.41) is 10.2. The summed E-state index contributed by atoms with van der Waals surface area (Å²) in [6, 6.07) is -0.934. The van der Waals surface area contributed by atoms with Crippen LogP contribution in [0.1, 0.15) is 42.1 Å². The average molecular weight is 344 g/mol. The number of halogens is 2. The van der Waals surface area contributed by atoms with Gasteiger partial charge in [0.2, 0.25) is 0 Å². The number of alkyl halides is 2. The van der Waals surface area contributed by atoms with Crippen molar-refractivity contribution >= 4 is 23.5 Å². The number of rotatable bonds is 7. The van der Waals surface area contributed by atoms with E-state index in [1.165, 1.54) is 10.9 Å². The van der Waals surface area contributed by atoms with Crippen LogP contribution in [0.2, 0.25) is 0 Å². The quantitative estimate of drug-likeness (QED) is 0.747. The molecule has 1 aromatic rings. The molecule has 23 heavy (non-hydrogen) atoms. The third-order valence-corrected chi connectivity index (χ3v) is 5.16. The van der Waals surface area contributed by atoms with Crippen molar-refractivity contribution in [1.29, 1.82) is 0 Å². The maximum atomic E-state index is 13.4. The van der Waals surface area contributed by atoms with Gasteiger partial charge in [-0.3, -0.25) is 4.79 Å². The van der Waals surface area contributed by atoms with E-state index in [4.69, 9.17) is 0 Å². The lowest BCUT2D eigenvalue weighted by Gasteiger charge is -2.32. The number of amides is 1. The van der Waals surface area contributed by atoms with E-state index in [-0.39, 0.29) is 11.9 Å². The zero-order chi connectivity index (χ0) is 16.4. The predicted octanol–water partition coefficient (Wildman–Crippen LogP) is 2.77. The lowest BCUT2D eigenvalue weighted by Crippen LogP contribution is -2.37. The third-order valence-electron chi connectivity index (χ3n) is 4.46. The van der Waals surface area contributed by atoms with Crippen molar-refractivity contribution in [2.45, 2.75) is 44.2 Å². The monoisotopic (exact) mass is 344 g/mol. The Morgan fingerprint density at radius 2 is 2.35 bits per heavy atom. The van der Waals surface area contributed by atoms with E-state index >= 15 is 0 Å². The molecule has 1 aliphatic heterocycles. The number of nitrogens with one attached hydrogen (secondary N) is 2. The summed E-state index contributed by atoms with van der Waals surface area (Å²) in [6.07, 6.45) is 4.32. The normalized spacial score (nSPS) is 23.5. The van der Waals surface area contributed by atoms with Crippen LogP contribution in [-0.4, -0.2) is 46.7 Å². The molecular weight excluding hydrogens is 322 g/mol. The second-order valence-corrected chi connectivity index (χ2v) is 7.17. The Morgan fingerprint density at radius 1 is 1.57 bits per heavy atom. The molecule has 5 nitrogen and oxygen atoms in total. The average Bonchev–Trinajstić information content (AvgIpc) is 3.29. The maximum absolute atomic E-state index is 13.4. The molecule has 1 amide bonds. The van der Waals surface area contributed by atoms with Gasteiger partial charge in [0.15, 0.2) is 0 Å². The van der Waals surface area contributed by atoms with Crippen LogP contribution in [-0.2, 0) is 0 Å². The molecule has 128 valence electrons. The van der Waals surface area contributed by atoms with Crippen molar-refractivity contribution in [2.75, 3.05) is 23.9 Å². The Labute approximate surface area is 138 Å². The maximum Gasteiger partial charge on any atom is 0.260 e. The molecule has 8 heteroatoms. The van der Waals surface area contributed by atoms with Crippen LogP contribution in [0.5, 0.6) is 0 Å². The van der Waals surface area contributed by atoms with Crippen molar-refractivity contribution in [1.82, 2.24) is 15.1 Å². The number of carbonyl (C=O) groups excluding carboxylic acids is 1. The van der Waals surface area contributed by atoms with Gasteiger partial charge in [0.05, 0.1) is 6.20 Å². The minimum absolute atomic E-state index is 0.0150. The summed E-state index contributed by atoms with van der Waals surface area (Å²) in [4.78, 5) is 12.3. The molecule has 2 heterocycles. The molecule has 3 rings (SSSR count). The zero-order valence-corrected chi connectivity index (χ0v) is 13.9. The zero-order valence-electron chi connectivity index (χ0n) is 13.1. The van der Waals surface area contributed by atoms with Crippen LogP contribution in [0.25, 0.3) is 0 Å². The van der Waals surface area contributed by atoms with Gasteiger partial charge in [0.25, 0.3) is 12.3 Å². The summed E-state index contributed by atoms with van der Waals surface area (Å²) in [5.74, 6) is 1.62. The van der Waals surface area contributed by atoms with Crippen molar-refractivity contribution in [3.05, 3.63) is 11.8 Å². The van der Waals surface area contributed by atoms with E-state index in [9.17, 15) is 13.6 Å². The first kappa shape index (κ1) is 16.5. The topological polar surface area (TPSA) is 59.0 Å². The van der Waals surface area contributed by atoms with Gasteiger partial charge >= 0.3 is 0 Å². The van der Waals surface area contributed by atoms with Gasteiger partial charge < -0.3 is 10.6 Å². The fourth-order valence-electron chi connectivity index (χ4n) is 3.05. The Bertz CT molecular complexity index is 562. The number of thioether (sulfide) groups is 1. The molecule has 1 aromatic heterocycles. The highest BCUT2D eigenvalue weighted by molar-refractivity contribution is 7.98. The summed E-state index contributed by atoms with van der Waals surface area (Å²) in [5.41, 5.74) is 0.366. The Morgan fingerprint density at radius 3 is 3.00 bits per heavy atom. The molecule has 2 N–H and O–H groups in total. The minimum atomic E-state index is -2.48. The smallest absolute Gasteiger partial charge is 0.260 e. The number of hydrogen-bond acceptors (Lipinski definition) is 4. The van der Waals surface area contributed by atoms with Crippen molar-refractivity contribution in [3.8, 4) is 0 Å². The lowest BCUT2D eigenvalue weighted by atomic mass is 10.0. The number of anilines is 1. The Hall–Kier alpha value is -1.31. The SMILES string of the molecule is CSCCCNC(=O)c1cnn2c1N[C@@H](C1CC1)C[C@H]2C(F)F. The van der Waals surface area contributed by atoms with Gasteiger partial charge in [0, 0.05) is 12.6 Å². The fraction of sp³-hybridized carbons (Fsp3) is 0.733. The molecule has 2 atom stereocenters. The van der Waals surface area contributed by atoms with Crippen molar-refractivity contribution < 1.29 is 13.6 Å². The van der Waals surface area contributed by atoms with Crippen LogP contribution < -0.4 is 10.6 Å². The number of fused-ring (bicyclic) bond motifs is 1. The lowest BCUT2D eigenvalue weighted by molar-refractivity contribution is 0.0644. The molecule has 0 unspecified atom stereocenters. The number of hydrogen-bond donors (Lipinski definition) is 2. The molecular formula is C15H22F2N4OS. The molecule has 1 saturated carbocycles. The van der Waals surface area contributed by atoms with Crippen LogP contribution in [0.3, 0.4) is 0 Å². The van der Waals surface area contributed by atoms with E-state index in [0.717, 1.165) is 25.0 Å². The number of nitrogens with zero attached hydrogens (tertiary/aromatic N) is 2. The van der Waals surface area contributed by atoms with Gasteiger partial charge in [0.1, 0.15) is 17.4 Å². The van der Waals surface area contributed by atoms with Gasteiger partial charge in [-0.25, -0.2) is 13.5 Å². The second kappa shape index (κ2) is 7.07. The van der Waals surface area contributed by atoms with Gasteiger partial charge in [-0.15, -0.1) is 0 Å². The van der Waals surface area contributed by atoms with Crippen LogP contribution in [0, 0.1) is 5.92 Å². The van der Waals surface area contributed by atoms with E-state index in [1.807, 2.05) is 6.26 Å². The first-order valence-electron chi connectivity index (χ1n) is 8.01. The highest BCUT2D eigenvalue weighted by Crippen LogP contribution is 2.42. The molecule has 1 fully saturated rings. The Balaban J connectivity index is 1.74. The summed E-state index contributed by atoms with van der Waals surface area (Å²) in [7, 11) is 0. The van der Waals surface area contributed by atoms with E-state index in [0.29, 0.717) is 30.3 Å². The van der Waals surface area contributed by atoms with E-state index in [1.54, 1.807) is 11.8 Å². The van der Waals surface area contributed by atoms with Crippen LogP contribution in [0.4, 0.5) is 14.6 Å². The van der Waals surface area contributed by atoms with Crippen molar-refractivity contribution in [3.63, 3.8) is 0 Å². The molecule has 1 aliphatic carbocycles. The molecule has 0 bridgehead atoms. The largest absolute Gasteiger partial charge is 0.367 e. The summed E-state index contributed by atoms with van der Waals surface area (Å²) < 4.78 is 28.0. The predicted molar refractivity (Wildman–Crippen MR) is 87.4 cm³/mol. The first-order chi connectivity index (χ1) is 11.1. The van der Waals surface area contributed by atoms with E-state index in [2.05, 4.69) is 15.7 Å². The molecule has 0 spiro atoms. The highest BCUT2D eigenvalue weighted by Gasteiger charge is 2.41. The third kappa shape index (κ3) is 3.62. The molecule has 2 aliphatic rings. The second-order valence-electron chi connectivity index (χ2n) is 6.18. The Kier molecular flexibility index (Phi) is 5.08. The van der Waals surface area contributed by atoms with Gasteiger partial charge in [-0.2, -0.15) is 16.9 Å². The van der Waals surface area contributed by atoms with Gasteiger partial charge in [-0.1, -0.05) is 0 Å². The summed E-state index contributed by atoms with van der Waals surface area (Å²) in [6.45, 7) is 0.578. The number of carbonyl (C=O) groups is 1. The minimum Gasteiger partial charge on any atom is -0.367 e. The molecule has 0 radical (unpaired) electrons. The number of aromatic nitrogens is 2. The standard InChI is InChI=1S/C15H22F2N4OS/c1-23-6-2-5-18-15(22)10-8-19-21-12(13(16)17)7-11(9-3-4-9)20-14(10)21/h8-9,11-13,20H,2-7H2,1H3,(H,18,22)/t11-,12+/m1/s1. The highest BCUT2D eigenvalue weighted by atomic mass is 32.2. The summed E-state index contributed by atoms with van der Waals surface area (Å²) >= 11 is 1.72. The molecule has 0 aromatic carbocycles. The van der Waals surface area contributed by atoms with Crippen LogP contribution in [0.15, 0.2) is 6.20 Å². The fourth-order valence-corrected chi connectivity index (χ4v) is 3.48. The van der Waals surface area contributed by atoms with Crippen LogP contribution >= 0.6 is 11.8 Å². The molecule has 0 saturated heterocycles. The van der Waals surface area contributed by atoms with Crippen molar-refractivity contribution in [2.24, 2.45) is 5.92 Å². The van der Waals surface area contributed by atoms with E-state index < -0.39 is 12.5 Å².